The van der Waals surface area contributed by atoms with E-state index in [0.717, 1.165) is 18.5 Å². The molecule has 0 unspecified atom stereocenters. The molecule has 0 spiro atoms. The molecule has 0 aromatic heterocycles. The summed E-state index contributed by atoms with van der Waals surface area (Å²) in [6.45, 7) is 0.663. The summed E-state index contributed by atoms with van der Waals surface area (Å²) in [4.78, 5) is 2.13. The number of nitriles is 2. The highest BCUT2D eigenvalue weighted by atomic mass is 35.5. The van der Waals surface area contributed by atoms with Crippen molar-refractivity contribution in [3.63, 3.8) is 0 Å². The number of hydrogen-bond acceptors (Lipinski definition) is 3. The zero-order valence-corrected chi connectivity index (χ0v) is 10.1. The number of benzene rings is 1. The summed E-state index contributed by atoms with van der Waals surface area (Å²) >= 11 is 5.98. The van der Waals surface area contributed by atoms with Gasteiger partial charge in [0.1, 0.15) is 6.07 Å². The molecule has 0 aliphatic heterocycles. The third-order valence-electron chi connectivity index (χ3n) is 2.84. The van der Waals surface area contributed by atoms with E-state index in [4.69, 9.17) is 22.1 Å². The second-order valence-electron chi connectivity index (χ2n) is 4.11. The molecular formula is C13H12ClN3. The van der Waals surface area contributed by atoms with Gasteiger partial charge in [0.05, 0.1) is 23.7 Å². The maximum Gasteiger partial charge on any atom is 0.101 e. The van der Waals surface area contributed by atoms with Gasteiger partial charge in [0, 0.05) is 17.6 Å². The second kappa shape index (κ2) is 5.08. The fourth-order valence-electron chi connectivity index (χ4n) is 1.89. The Labute approximate surface area is 106 Å². The number of halogens is 1. The van der Waals surface area contributed by atoms with E-state index in [1.165, 1.54) is 0 Å². The molecule has 0 radical (unpaired) electrons. The van der Waals surface area contributed by atoms with Crippen LogP contribution in [0, 0.1) is 22.7 Å². The lowest BCUT2D eigenvalue weighted by molar-refractivity contribution is 0.792. The van der Waals surface area contributed by atoms with E-state index in [2.05, 4.69) is 17.0 Å². The normalized spacial score (nSPS) is 13.8. The van der Waals surface area contributed by atoms with Crippen molar-refractivity contribution in [1.82, 2.24) is 0 Å². The predicted molar refractivity (Wildman–Crippen MR) is 66.8 cm³/mol. The Morgan fingerprint density at radius 3 is 2.71 bits per heavy atom. The van der Waals surface area contributed by atoms with Gasteiger partial charge in [-0.2, -0.15) is 10.5 Å². The lowest BCUT2D eigenvalue weighted by Crippen LogP contribution is -2.27. The van der Waals surface area contributed by atoms with Gasteiger partial charge in [0.25, 0.3) is 0 Å². The number of rotatable bonds is 4. The van der Waals surface area contributed by atoms with E-state index in [1.807, 2.05) is 6.07 Å². The number of anilines is 1. The highest BCUT2D eigenvalue weighted by Crippen LogP contribution is 2.34. The third-order valence-corrected chi connectivity index (χ3v) is 3.08. The molecule has 0 amide bonds. The maximum absolute atomic E-state index is 9.10. The Hall–Kier alpha value is -1.71. The van der Waals surface area contributed by atoms with Crippen molar-refractivity contribution >= 4 is 17.3 Å². The van der Waals surface area contributed by atoms with Crippen molar-refractivity contribution in [3.8, 4) is 12.1 Å². The molecule has 1 aliphatic rings. The molecule has 3 nitrogen and oxygen atoms in total. The first-order chi connectivity index (χ1) is 8.26. The second-order valence-corrected chi connectivity index (χ2v) is 4.54. The third kappa shape index (κ3) is 2.70. The number of hydrogen-bond donors (Lipinski definition) is 0. The average molecular weight is 246 g/mol. The fraction of sp³-hybridized carbons (Fsp3) is 0.385. The molecule has 1 aromatic rings. The minimum atomic E-state index is 0.466. The Kier molecular flexibility index (Phi) is 3.52. The van der Waals surface area contributed by atoms with E-state index < -0.39 is 0 Å². The monoisotopic (exact) mass is 245 g/mol. The largest absolute Gasteiger partial charge is 0.366 e. The fourth-order valence-corrected chi connectivity index (χ4v) is 2.06. The molecule has 86 valence electrons. The Morgan fingerprint density at radius 2 is 2.12 bits per heavy atom. The zero-order chi connectivity index (χ0) is 12.3. The summed E-state index contributed by atoms with van der Waals surface area (Å²) < 4.78 is 0. The minimum Gasteiger partial charge on any atom is -0.366 e. The topological polar surface area (TPSA) is 50.8 Å². The quantitative estimate of drug-likeness (QED) is 0.819. The minimum absolute atomic E-state index is 0.466. The summed E-state index contributed by atoms with van der Waals surface area (Å²) in [5.41, 5.74) is 1.48. The SMILES string of the molecule is N#CCCN(c1cc(Cl)ccc1C#N)C1CC1. The molecule has 1 aromatic carbocycles. The molecule has 17 heavy (non-hydrogen) atoms. The first kappa shape index (κ1) is 11.8. The van der Waals surface area contributed by atoms with E-state index in [1.54, 1.807) is 12.1 Å². The van der Waals surface area contributed by atoms with Crippen LogP contribution in [0.4, 0.5) is 5.69 Å². The standard InChI is InChI=1S/C13H12ClN3/c14-11-3-2-10(9-16)13(8-11)17(7-1-6-15)12-4-5-12/h2-3,8,12H,1,4-5,7H2. The molecule has 4 heteroatoms. The van der Waals surface area contributed by atoms with E-state index in [0.29, 0.717) is 29.6 Å². The summed E-state index contributed by atoms with van der Waals surface area (Å²) in [6.07, 6.45) is 2.72. The van der Waals surface area contributed by atoms with Gasteiger partial charge in [-0.05, 0) is 31.0 Å². The molecule has 1 fully saturated rings. The van der Waals surface area contributed by atoms with Crippen LogP contribution >= 0.6 is 11.6 Å². The number of nitrogens with zero attached hydrogens (tertiary/aromatic N) is 3. The molecule has 1 saturated carbocycles. The van der Waals surface area contributed by atoms with Crippen LogP contribution in [0.1, 0.15) is 24.8 Å². The van der Waals surface area contributed by atoms with Crippen LogP contribution in [0.2, 0.25) is 5.02 Å². The first-order valence-corrected chi connectivity index (χ1v) is 5.97. The van der Waals surface area contributed by atoms with Gasteiger partial charge < -0.3 is 4.90 Å². The highest BCUT2D eigenvalue weighted by Gasteiger charge is 2.30. The Bertz CT molecular complexity index is 494. The molecular weight excluding hydrogens is 234 g/mol. The van der Waals surface area contributed by atoms with Crippen LogP contribution in [-0.4, -0.2) is 12.6 Å². The molecule has 0 heterocycles. The lowest BCUT2D eigenvalue weighted by atomic mass is 10.1. The summed E-state index contributed by atoms with van der Waals surface area (Å²) in [6, 6.07) is 10.1. The van der Waals surface area contributed by atoms with Gasteiger partial charge in [0.15, 0.2) is 0 Å². The van der Waals surface area contributed by atoms with Crippen LogP contribution in [0.15, 0.2) is 18.2 Å². The predicted octanol–water partition coefficient (Wildman–Crippen LogP) is 3.09. The van der Waals surface area contributed by atoms with E-state index in [-0.39, 0.29) is 0 Å². The van der Waals surface area contributed by atoms with Gasteiger partial charge in [0.2, 0.25) is 0 Å². The summed E-state index contributed by atoms with van der Waals surface area (Å²) in [5.74, 6) is 0. The lowest BCUT2D eigenvalue weighted by Gasteiger charge is -2.24. The van der Waals surface area contributed by atoms with Crippen LogP contribution < -0.4 is 4.90 Å². The molecule has 0 atom stereocenters. The highest BCUT2D eigenvalue weighted by molar-refractivity contribution is 6.30. The van der Waals surface area contributed by atoms with Crippen LogP contribution in [-0.2, 0) is 0 Å². The van der Waals surface area contributed by atoms with Gasteiger partial charge in [-0.1, -0.05) is 11.6 Å². The van der Waals surface area contributed by atoms with Crippen molar-refractivity contribution < 1.29 is 0 Å². The zero-order valence-electron chi connectivity index (χ0n) is 9.36. The summed E-state index contributed by atoms with van der Waals surface area (Å²) in [7, 11) is 0. The van der Waals surface area contributed by atoms with Crippen LogP contribution in [0.3, 0.4) is 0 Å². The van der Waals surface area contributed by atoms with E-state index >= 15 is 0 Å². The first-order valence-electron chi connectivity index (χ1n) is 5.59. The van der Waals surface area contributed by atoms with Crippen LogP contribution in [0.5, 0.6) is 0 Å². The molecule has 1 aliphatic carbocycles. The van der Waals surface area contributed by atoms with Crippen molar-refractivity contribution in [1.29, 1.82) is 10.5 Å². The van der Waals surface area contributed by atoms with Gasteiger partial charge in [-0.3, -0.25) is 0 Å². The maximum atomic E-state index is 9.10. The van der Waals surface area contributed by atoms with Crippen LogP contribution in [0.25, 0.3) is 0 Å². The Morgan fingerprint density at radius 1 is 1.35 bits per heavy atom. The molecule has 0 saturated heterocycles. The average Bonchev–Trinajstić information content (AvgIpc) is 3.14. The Balaban J connectivity index is 2.31. The smallest absolute Gasteiger partial charge is 0.101 e. The van der Waals surface area contributed by atoms with Gasteiger partial charge >= 0.3 is 0 Å². The van der Waals surface area contributed by atoms with Crippen molar-refractivity contribution in [2.24, 2.45) is 0 Å². The van der Waals surface area contributed by atoms with Gasteiger partial charge in [-0.15, -0.1) is 0 Å². The molecule has 2 rings (SSSR count). The summed E-state index contributed by atoms with van der Waals surface area (Å²) in [5, 5.41) is 18.4. The van der Waals surface area contributed by atoms with Gasteiger partial charge in [-0.25, -0.2) is 0 Å². The van der Waals surface area contributed by atoms with Crippen molar-refractivity contribution in [2.75, 3.05) is 11.4 Å². The molecule has 0 N–H and O–H groups in total. The van der Waals surface area contributed by atoms with Crippen molar-refractivity contribution in [3.05, 3.63) is 28.8 Å². The van der Waals surface area contributed by atoms with Crippen molar-refractivity contribution in [2.45, 2.75) is 25.3 Å². The van der Waals surface area contributed by atoms with E-state index in [9.17, 15) is 0 Å². The molecule has 0 bridgehead atoms.